The van der Waals surface area contributed by atoms with Crippen LogP contribution in [0.4, 0.5) is 21.8 Å². The van der Waals surface area contributed by atoms with Crippen LogP contribution in [0.1, 0.15) is 17.2 Å². The molecule has 26 heavy (non-hydrogen) atoms. The van der Waals surface area contributed by atoms with Crippen LogP contribution in [0.2, 0.25) is 0 Å². The molecular weight excluding hydrogens is 333 g/mol. The molecule has 0 saturated carbocycles. The number of aliphatic hydroxyl groups is 1. The van der Waals surface area contributed by atoms with Gasteiger partial charge in [0, 0.05) is 18.4 Å². The molecule has 1 aromatic heterocycles. The van der Waals surface area contributed by atoms with Gasteiger partial charge in [0.1, 0.15) is 11.6 Å². The van der Waals surface area contributed by atoms with Gasteiger partial charge < -0.3 is 15.7 Å². The van der Waals surface area contributed by atoms with Gasteiger partial charge in [-0.3, -0.25) is 0 Å². The maximum atomic E-state index is 13.2. The summed E-state index contributed by atoms with van der Waals surface area (Å²) >= 11 is 0. The fourth-order valence-electron chi connectivity index (χ4n) is 2.35. The fourth-order valence-corrected chi connectivity index (χ4v) is 2.35. The third-order valence-corrected chi connectivity index (χ3v) is 3.61. The Kier molecular flexibility index (Phi) is 5.37. The highest BCUT2D eigenvalue weighted by Crippen LogP contribution is 2.17. The predicted octanol–water partition coefficient (Wildman–Crippen LogP) is 3.38. The van der Waals surface area contributed by atoms with Gasteiger partial charge in [0.25, 0.3) is 0 Å². The van der Waals surface area contributed by atoms with Gasteiger partial charge in [0.2, 0.25) is 5.95 Å². The van der Waals surface area contributed by atoms with Crippen molar-refractivity contribution in [1.29, 1.82) is 5.26 Å². The van der Waals surface area contributed by atoms with Crippen molar-refractivity contribution in [2.24, 2.45) is 0 Å². The van der Waals surface area contributed by atoms with Crippen molar-refractivity contribution in [3.63, 3.8) is 0 Å². The molecule has 1 heterocycles. The smallest absolute Gasteiger partial charge is 0.229 e. The zero-order chi connectivity index (χ0) is 18.4. The molecule has 0 bridgehead atoms. The second-order valence-electron chi connectivity index (χ2n) is 5.53. The molecule has 3 rings (SSSR count). The monoisotopic (exact) mass is 349 g/mol. The van der Waals surface area contributed by atoms with Crippen LogP contribution in [0.5, 0.6) is 0 Å². The number of hydrogen-bond donors (Lipinski definition) is 3. The van der Waals surface area contributed by atoms with E-state index >= 15 is 0 Å². The SMILES string of the molecule is N#Cc1cccc(Nc2nccc(NCC(O)c3cccc(F)c3)n2)c1. The van der Waals surface area contributed by atoms with Crippen LogP contribution < -0.4 is 10.6 Å². The number of benzene rings is 2. The summed E-state index contributed by atoms with van der Waals surface area (Å²) in [7, 11) is 0. The standard InChI is InChI=1S/C19H16FN5O/c20-15-5-2-4-14(10-15)17(26)12-23-18-7-8-22-19(25-18)24-16-6-1-3-13(9-16)11-21/h1-10,17,26H,12H2,(H2,22,23,24,25). The molecule has 7 heteroatoms. The average Bonchev–Trinajstić information content (AvgIpc) is 2.66. The van der Waals surface area contributed by atoms with Crippen molar-refractivity contribution in [2.75, 3.05) is 17.2 Å². The van der Waals surface area contributed by atoms with E-state index in [4.69, 9.17) is 5.26 Å². The average molecular weight is 349 g/mol. The normalized spacial score (nSPS) is 11.4. The number of hydrogen-bond acceptors (Lipinski definition) is 6. The number of nitriles is 1. The second-order valence-corrected chi connectivity index (χ2v) is 5.53. The number of rotatable bonds is 6. The van der Waals surface area contributed by atoms with E-state index in [2.05, 4.69) is 26.7 Å². The summed E-state index contributed by atoms with van der Waals surface area (Å²) in [6.07, 6.45) is 0.699. The van der Waals surface area contributed by atoms with Crippen molar-refractivity contribution in [3.8, 4) is 6.07 Å². The first-order valence-electron chi connectivity index (χ1n) is 7.92. The highest BCUT2D eigenvalue weighted by Gasteiger charge is 2.09. The Morgan fingerprint density at radius 1 is 1.15 bits per heavy atom. The first kappa shape index (κ1) is 17.3. The van der Waals surface area contributed by atoms with E-state index < -0.39 is 11.9 Å². The minimum atomic E-state index is -0.871. The van der Waals surface area contributed by atoms with E-state index in [0.717, 1.165) is 0 Å². The lowest BCUT2D eigenvalue weighted by molar-refractivity contribution is 0.191. The van der Waals surface area contributed by atoms with Crippen molar-refractivity contribution >= 4 is 17.5 Å². The van der Waals surface area contributed by atoms with Gasteiger partial charge in [-0.25, -0.2) is 9.37 Å². The summed E-state index contributed by atoms with van der Waals surface area (Å²) in [6, 6.07) is 16.5. The van der Waals surface area contributed by atoms with E-state index in [1.807, 2.05) is 0 Å². The zero-order valence-corrected chi connectivity index (χ0v) is 13.7. The van der Waals surface area contributed by atoms with E-state index in [1.165, 1.54) is 12.1 Å². The molecule has 0 aliphatic carbocycles. The number of halogens is 1. The van der Waals surface area contributed by atoms with E-state index in [0.29, 0.717) is 28.6 Å². The lowest BCUT2D eigenvalue weighted by Gasteiger charge is -2.13. The van der Waals surface area contributed by atoms with Gasteiger partial charge in [-0.2, -0.15) is 10.2 Å². The molecule has 3 N–H and O–H groups in total. The summed E-state index contributed by atoms with van der Waals surface area (Å²) in [5, 5.41) is 25.1. The Morgan fingerprint density at radius 2 is 2.00 bits per heavy atom. The Balaban J connectivity index is 1.64. The fraction of sp³-hybridized carbons (Fsp3) is 0.105. The third kappa shape index (κ3) is 4.53. The molecule has 3 aromatic rings. The van der Waals surface area contributed by atoms with Crippen LogP contribution in [0.15, 0.2) is 60.8 Å². The maximum absolute atomic E-state index is 13.2. The first-order valence-corrected chi connectivity index (χ1v) is 7.92. The molecular formula is C19H16FN5O. The minimum Gasteiger partial charge on any atom is -0.387 e. The van der Waals surface area contributed by atoms with Gasteiger partial charge in [-0.05, 0) is 42.0 Å². The summed E-state index contributed by atoms with van der Waals surface area (Å²) in [5.74, 6) is 0.467. The molecule has 1 atom stereocenters. The van der Waals surface area contributed by atoms with Crippen LogP contribution >= 0.6 is 0 Å². The molecule has 6 nitrogen and oxygen atoms in total. The van der Waals surface area contributed by atoms with Crippen molar-refractivity contribution in [2.45, 2.75) is 6.10 Å². The quantitative estimate of drug-likeness (QED) is 0.632. The van der Waals surface area contributed by atoms with Crippen LogP contribution in [0, 0.1) is 17.1 Å². The Morgan fingerprint density at radius 3 is 2.81 bits per heavy atom. The van der Waals surface area contributed by atoms with E-state index in [9.17, 15) is 9.50 Å². The molecule has 0 aliphatic heterocycles. The molecule has 1 unspecified atom stereocenters. The van der Waals surface area contributed by atoms with Crippen LogP contribution in [-0.2, 0) is 0 Å². The molecule has 0 amide bonds. The topological polar surface area (TPSA) is 93.9 Å². The van der Waals surface area contributed by atoms with Gasteiger partial charge in [-0.15, -0.1) is 0 Å². The van der Waals surface area contributed by atoms with Crippen LogP contribution in [-0.4, -0.2) is 21.6 Å². The van der Waals surface area contributed by atoms with Crippen molar-refractivity contribution < 1.29 is 9.50 Å². The predicted molar refractivity (Wildman–Crippen MR) is 96.3 cm³/mol. The number of nitrogens with zero attached hydrogens (tertiary/aromatic N) is 3. The number of aromatic nitrogens is 2. The number of aliphatic hydroxyl groups excluding tert-OH is 1. The summed E-state index contributed by atoms with van der Waals surface area (Å²) < 4.78 is 13.2. The number of anilines is 3. The molecule has 0 spiro atoms. The molecule has 2 aromatic carbocycles. The van der Waals surface area contributed by atoms with E-state index in [-0.39, 0.29) is 6.54 Å². The molecule has 0 saturated heterocycles. The second kappa shape index (κ2) is 8.05. The summed E-state index contributed by atoms with van der Waals surface area (Å²) in [4.78, 5) is 8.44. The van der Waals surface area contributed by atoms with Gasteiger partial charge in [-0.1, -0.05) is 18.2 Å². The zero-order valence-electron chi connectivity index (χ0n) is 13.7. The Labute approximate surface area is 150 Å². The van der Waals surface area contributed by atoms with Gasteiger partial charge >= 0.3 is 0 Å². The molecule has 130 valence electrons. The number of nitrogens with one attached hydrogen (secondary N) is 2. The van der Waals surface area contributed by atoms with Crippen molar-refractivity contribution in [3.05, 3.63) is 77.7 Å². The summed E-state index contributed by atoms with van der Waals surface area (Å²) in [5.41, 5.74) is 1.71. The van der Waals surface area contributed by atoms with Crippen LogP contribution in [0.25, 0.3) is 0 Å². The first-order chi connectivity index (χ1) is 12.6. The lowest BCUT2D eigenvalue weighted by atomic mass is 10.1. The highest BCUT2D eigenvalue weighted by atomic mass is 19.1. The molecule has 0 radical (unpaired) electrons. The largest absolute Gasteiger partial charge is 0.387 e. The Hall–Kier alpha value is -3.50. The molecule has 0 fully saturated rings. The Bertz CT molecular complexity index is 941. The lowest BCUT2D eigenvalue weighted by Crippen LogP contribution is -2.13. The maximum Gasteiger partial charge on any atom is 0.229 e. The van der Waals surface area contributed by atoms with Gasteiger partial charge in [0.05, 0.1) is 17.7 Å². The van der Waals surface area contributed by atoms with Gasteiger partial charge in [0.15, 0.2) is 0 Å². The summed E-state index contributed by atoms with van der Waals surface area (Å²) in [6.45, 7) is 0.170. The molecule has 0 aliphatic rings. The van der Waals surface area contributed by atoms with Crippen molar-refractivity contribution in [1.82, 2.24) is 9.97 Å². The highest BCUT2D eigenvalue weighted by molar-refractivity contribution is 5.57. The van der Waals surface area contributed by atoms with E-state index in [1.54, 1.807) is 48.7 Å². The van der Waals surface area contributed by atoms with Crippen LogP contribution in [0.3, 0.4) is 0 Å². The minimum absolute atomic E-state index is 0.170. The third-order valence-electron chi connectivity index (χ3n) is 3.61.